The first-order valence-corrected chi connectivity index (χ1v) is 11.7. The van der Waals surface area contributed by atoms with Gasteiger partial charge in [0, 0.05) is 78.1 Å². The molecule has 3 heterocycles. The number of benzene rings is 2. The zero-order valence-corrected chi connectivity index (χ0v) is 21.7. The number of thiophene rings is 1. The van der Waals surface area contributed by atoms with Gasteiger partial charge in [0.1, 0.15) is 5.75 Å². The molecule has 4 nitrogen and oxygen atoms in total. The second kappa shape index (κ2) is 13.2. The molecule has 3 radical (unpaired) electrons. The van der Waals surface area contributed by atoms with Gasteiger partial charge < -0.3 is 16.4 Å². The Kier molecular flexibility index (Phi) is 11.3. The van der Waals surface area contributed by atoms with Crippen molar-refractivity contribution in [1.82, 2.24) is 4.90 Å². The van der Waals surface area contributed by atoms with Crippen molar-refractivity contribution in [3.05, 3.63) is 53.4 Å². The minimum atomic E-state index is 0. The maximum absolute atomic E-state index is 6.03. The molecular weight excluding hydrogens is 448 g/mol. The molecule has 2 aromatic carbocycles. The second-order valence-electron chi connectivity index (χ2n) is 7.99. The molecule has 1 saturated heterocycles. The predicted molar refractivity (Wildman–Crippen MR) is 138 cm³/mol. The summed E-state index contributed by atoms with van der Waals surface area (Å²) in [5.41, 5.74) is 4.07. The zero-order valence-electron chi connectivity index (χ0n) is 19.9. The largest absolute Gasteiger partial charge is 1.00 e. The second-order valence-corrected chi connectivity index (χ2v) is 8.94. The van der Waals surface area contributed by atoms with E-state index in [1.807, 2.05) is 11.3 Å². The Morgan fingerprint density at radius 2 is 1.91 bits per heavy atom. The third kappa shape index (κ3) is 6.40. The number of ether oxygens (including phenoxy) is 1. The number of anilines is 2. The van der Waals surface area contributed by atoms with Gasteiger partial charge in [0.15, 0.2) is 0 Å². The fraction of sp³-hybridized carbons (Fsp3) is 0.417. The Balaban J connectivity index is 0.00000136. The first-order valence-electron chi connectivity index (χ1n) is 10.8. The maximum atomic E-state index is 6.03. The van der Waals surface area contributed by atoms with Crippen LogP contribution in [0.2, 0.25) is 0 Å². The molecule has 1 fully saturated rings. The first kappa shape index (κ1) is 27.4. The molecule has 8 heteroatoms. The number of hydrogen-bond acceptors (Lipinski definition) is 5. The van der Waals surface area contributed by atoms with E-state index >= 15 is 0 Å². The van der Waals surface area contributed by atoms with Gasteiger partial charge in [0.05, 0.1) is 6.61 Å². The van der Waals surface area contributed by atoms with Crippen LogP contribution in [0, 0.1) is 0 Å². The van der Waals surface area contributed by atoms with Gasteiger partial charge in [-0.1, -0.05) is 6.07 Å². The van der Waals surface area contributed by atoms with Crippen molar-refractivity contribution in [1.29, 1.82) is 0 Å². The van der Waals surface area contributed by atoms with Gasteiger partial charge in [0.2, 0.25) is 0 Å². The van der Waals surface area contributed by atoms with Crippen LogP contribution in [0.5, 0.6) is 5.75 Å². The van der Waals surface area contributed by atoms with Crippen molar-refractivity contribution in [2.45, 2.75) is 19.3 Å². The Bertz CT molecular complexity index is 987. The molecule has 3 aromatic rings. The van der Waals surface area contributed by atoms with Crippen LogP contribution < -0.4 is 33.8 Å². The molecule has 0 spiro atoms. The van der Waals surface area contributed by atoms with Crippen LogP contribution >= 0.6 is 23.7 Å². The molecule has 5 rings (SSSR count). The third-order valence-electron chi connectivity index (χ3n) is 6.09. The molecule has 32 heavy (non-hydrogen) atoms. The van der Waals surface area contributed by atoms with Crippen LogP contribution in [0.1, 0.15) is 19.8 Å². The fourth-order valence-corrected chi connectivity index (χ4v) is 5.29. The number of piperazine rings is 1. The van der Waals surface area contributed by atoms with E-state index in [1.165, 1.54) is 33.4 Å². The molecule has 0 atom stereocenters. The summed E-state index contributed by atoms with van der Waals surface area (Å²) in [4.78, 5) is 5.12. The SMILES string of the molecule is Cl.[Al].[H-].[Li+].c1cc(N2CCN(CCCOc3ccc4c(c3)CCCN4)CC2)c2ccsc2c1. The standard InChI is InChI=1S/C24H29N3OS.Al.ClH.Li.H/c1-5-23(21-9-17-29-24(21)6-1)27-14-12-26(13-15-27)11-3-16-28-20-7-8-22-19(18-20)4-2-10-25-22;;;;/h1,5-9,17-18,25H,2-4,10-16H2;;1H;;/q;;;+1;-1. The van der Waals surface area contributed by atoms with Crippen molar-refractivity contribution < 1.29 is 25.0 Å². The molecule has 0 aliphatic carbocycles. The summed E-state index contributed by atoms with van der Waals surface area (Å²) in [7, 11) is 0. The normalized spacial score (nSPS) is 15.6. The topological polar surface area (TPSA) is 27.7 Å². The quantitative estimate of drug-likeness (QED) is 0.433. The van der Waals surface area contributed by atoms with E-state index in [2.05, 4.69) is 63.0 Å². The number of nitrogens with one attached hydrogen (secondary N) is 1. The zero-order chi connectivity index (χ0) is 19.5. The minimum Gasteiger partial charge on any atom is -1.00 e. The molecule has 1 N–H and O–H groups in total. The maximum Gasteiger partial charge on any atom is 1.00 e. The van der Waals surface area contributed by atoms with Crippen LogP contribution in [0.15, 0.2) is 47.8 Å². The summed E-state index contributed by atoms with van der Waals surface area (Å²) in [6, 6.07) is 15.4. The van der Waals surface area contributed by atoms with E-state index in [0.717, 1.165) is 64.5 Å². The number of rotatable bonds is 6. The first-order chi connectivity index (χ1) is 14.4. The van der Waals surface area contributed by atoms with Crippen molar-refractivity contribution in [3.63, 3.8) is 0 Å². The number of aryl methyl sites for hydroxylation is 1. The van der Waals surface area contributed by atoms with E-state index in [9.17, 15) is 0 Å². The van der Waals surface area contributed by atoms with Gasteiger partial charge >= 0.3 is 18.9 Å². The van der Waals surface area contributed by atoms with E-state index in [1.54, 1.807) is 0 Å². The third-order valence-corrected chi connectivity index (χ3v) is 6.97. The molecule has 2 aliphatic heterocycles. The van der Waals surface area contributed by atoms with Gasteiger partial charge in [0.25, 0.3) is 0 Å². The fourth-order valence-electron chi connectivity index (χ4n) is 4.49. The van der Waals surface area contributed by atoms with Crippen LogP contribution in [-0.4, -0.2) is 68.1 Å². The number of hydrogen-bond donors (Lipinski definition) is 1. The van der Waals surface area contributed by atoms with Crippen LogP contribution in [-0.2, 0) is 6.42 Å². The number of halogens is 1. The van der Waals surface area contributed by atoms with E-state index < -0.39 is 0 Å². The molecule has 0 amide bonds. The van der Waals surface area contributed by atoms with Gasteiger partial charge in [-0.3, -0.25) is 4.90 Å². The van der Waals surface area contributed by atoms with E-state index in [0.29, 0.717) is 0 Å². The average molecular weight is 479 g/mol. The van der Waals surface area contributed by atoms with Crippen LogP contribution in [0.25, 0.3) is 10.1 Å². The van der Waals surface area contributed by atoms with Gasteiger partial charge in [-0.05, 0) is 66.6 Å². The summed E-state index contributed by atoms with van der Waals surface area (Å²) < 4.78 is 7.42. The smallest absolute Gasteiger partial charge is 1.00 e. The summed E-state index contributed by atoms with van der Waals surface area (Å²) in [5.74, 6) is 1.01. The van der Waals surface area contributed by atoms with Crippen molar-refractivity contribution >= 4 is 62.6 Å². The van der Waals surface area contributed by atoms with Gasteiger partial charge in [-0.15, -0.1) is 23.7 Å². The van der Waals surface area contributed by atoms with Crippen molar-refractivity contribution in [2.75, 3.05) is 56.1 Å². The van der Waals surface area contributed by atoms with Gasteiger partial charge in [-0.2, -0.15) is 0 Å². The molecule has 2 aliphatic rings. The Morgan fingerprint density at radius 3 is 2.75 bits per heavy atom. The monoisotopic (exact) mass is 478 g/mol. The predicted octanol–water partition coefficient (Wildman–Crippen LogP) is 2.01. The van der Waals surface area contributed by atoms with Crippen LogP contribution in [0.4, 0.5) is 11.4 Å². The molecular formula is C24H31AlClLiN3OS. The Hall–Kier alpha value is -0.820. The molecule has 165 valence electrons. The van der Waals surface area contributed by atoms with Crippen LogP contribution in [0.3, 0.4) is 0 Å². The van der Waals surface area contributed by atoms with E-state index in [4.69, 9.17) is 4.74 Å². The Morgan fingerprint density at radius 1 is 1.06 bits per heavy atom. The summed E-state index contributed by atoms with van der Waals surface area (Å²) in [6.07, 6.45) is 3.45. The summed E-state index contributed by atoms with van der Waals surface area (Å²) >= 11 is 1.83. The molecule has 0 bridgehead atoms. The van der Waals surface area contributed by atoms with E-state index in [-0.39, 0.29) is 50.1 Å². The summed E-state index contributed by atoms with van der Waals surface area (Å²) in [6.45, 7) is 7.46. The minimum absolute atomic E-state index is 0. The molecule has 1 aromatic heterocycles. The Labute approximate surface area is 225 Å². The molecule has 0 saturated carbocycles. The van der Waals surface area contributed by atoms with Crippen molar-refractivity contribution in [2.24, 2.45) is 0 Å². The van der Waals surface area contributed by atoms with Crippen molar-refractivity contribution in [3.8, 4) is 5.75 Å². The molecule has 0 unspecified atom stereocenters. The average Bonchev–Trinajstić information content (AvgIpc) is 3.26. The number of fused-ring (bicyclic) bond motifs is 2. The summed E-state index contributed by atoms with van der Waals surface area (Å²) in [5, 5.41) is 7.06. The number of nitrogens with zero attached hydrogens (tertiary/aromatic N) is 2. The van der Waals surface area contributed by atoms with Gasteiger partial charge in [-0.25, -0.2) is 0 Å².